The summed E-state index contributed by atoms with van der Waals surface area (Å²) in [6.07, 6.45) is 0.925. The van der Waals surface area contributed by atoms with Crippen molar-refractivity contribution in [1.29, 1.82) is 0 Å². The van der Waals surface area contributed by atoms with E-state index in [0.29, 0.717) is 46.7 Å². The maximum Gasteiger partial charge on any atom is 0.337 e. The molecule has 190 valence electrons. The summed E-state index contributed by atoms with van der Waals surface area (Å²) in [7, 11) is 0. The van der Waals surface area contributed by atoms with E-state index in [1.54, 1.807) is 53.3 Å². The van der Waals surface area contributed by atoms with Gasteiger partial charge in [0.15, 0.2) is 5.78 Å². The fourth-order valence-electron chi connectivity index (χ4n) is 5.57. The molecule has 1 aliphatic heterocycles. The number of non-ortho nitro benzene ring substituents is 1. The summed E-state index contributed by atoms with van der Waals surface area (Å²) >= 11 is 1.61. The molecule has 2 aromatic carbocycles. The van der Waals surface area contributed by atoms with E-state index in [9.17, 15) is 24.8 Å². The number of rotatable bonds is 5. The second-order valence-electron chi connectivity index (χ2n) is 9.43. The zero-order chi connectivity index (χ0) is 26.6. The second kappa shape index (κ2) is 9.07. The van der Waals surface area contributed by atoms with Gasteiger partial charge in [0.25, 0.3) is 5.69 Å². The molecule has 3 heterocycles. The van der Waals surface area contributed by atoms with Crippen LogP contribution in [0.4, 0.5) is 11.5 Å². The Hall–Kier alpha value is -4.57. The topological polar surface area (TPSA) is 127 Å². The van der Waals surface area contributed by atoms with Crippen LogP contribution in [-0.4, -0.2) is 31.6 Å². The highest BCUT2D eigenvalue weighted by Gasteiger charge is 2.42. The number of hydrogen-bond donors (Lipinski definition) is 2. The number of nitrogens with zero attached hydrogens (tertiary/aromatic N) is 3. The van der Waals surface area contributed by atoms with Crippen LogP contribution in [0, 0.1) is 17.0 Å². The lowest BCUT2D eigenvalue weighted by Gasteiger charge is -2.35. The molecule has 2 aromatic heterocycles. The normalized spacial score (nSPS) is 18.5. The van der Waals surface area contributed by atoms with E-state index in [0.717, 1.165) is 10.6 Å². The van der Waals surface area contributed by atoms with Crippen molar-refractivity contribution in [2.45, 2.75) is 31.6 Å². The van der Waals surface area contributed by atoms with E-state index in [2.05, 4.69) is 5.32 Å². The van der Waals surface area contributed by atoms with Crippen molar-refractivity contribution in [2.24, 2.45) is 0 Å². The Bertz CT molecular complexity index is 1650. The number of benzene rings is 2. The molecular weight excluding hydrogens is 504 g/mol. The summed E-state index contributed by atoms with van der Waals surface area (Å²) in [4.78, 5) is 38.0. The number of Topliss-reactive ketones (excluding diaryl/α,β-unsaturated/α-hetero) is 1. The fourth-order valence-corrected chi connectivity index (χ4v) is 6.40. The number of para-hydroxylation sites is 1. The average Bonchev–Trinajstić information content (AvgIpc) is 3.56. The highest BCUT2D eigenvalue weighted by atomic mass is 32.1. The van der Waals surface area contributed by atoms with Gasteiger partial charge in [-0.15, -0.1) is 11.3 Å². The summed E-state index contributed by atoms with van der Waals surface area (Å²) in [5, 5.41) is 31.6. The summed E-state index contributed by atoms with van der Waals surface area (Å²) < 4.78 is 1.57. The van der Waals surface area contributed by atoms with Crippen molar-refractivity contribution in [2.75, 3.05) is 5.32 Å². The van der Waals surface area contributed by atoms with Crippen LogP contribution in [0.2, 0.25) is 0 Å². The summed E-state index contributed by atoms with van der Waals surface area (Å²) in [6, 6.07) is 16.9. The summed E-state index contributed by atoms with van der Waals surface area (Å²) in [6.45, 7) is 1.80. The number of fused-ring (bicyclic) bond motifs is 1. The third-order valence-electron chi connectivity index (χ3n) is 7.18. The van der Waals surface area contributed by atoms with Crippen molar-refractivity contribution in [3.8, 4) is 5.69 Å². The monoisotopic (exact) mass is 526 g/mol. The van der Waals surface area contributed by atoms with E-state index >= 15 is 0 Å². The average molecular weight is 527 g/mol. The number of aryl methyl sites for hydroxylation is 1. The third-order valence-corrected chi connectivity index (χ3v) is 8.22. The number of carboxylic acid groups (broad SMARTS) is 1. The SMILES string of the molecule is Cc1nn(-c2ccccc2C(=O)O)c2c1[C@@H](c1cccc([N+](=O)[O-])c1)C1=C(C[C@H](c3cccs3)CC1=O)N2. The number of hydrogen-bond acceptors (Lipinski definition) is 7. The minimum Gasteiger partial charge on any atom is -0.478 e. The number of carbonyl (C=O) groups excluding carboxylic acids is 1. The van der Waals surface area contributed by atoms with Crippen LogP contribution in [0.3, 0.4) is 0 Å². The van der Waals surface area contributed by atoms with Gasteiger partial charge in [-0.3, -0.25) is 14.9 Å². The highest BCUT2D eigenvalue weighted by Crippen LogP contribution is 2.50. The Labute approximate surface area is 221 Å². The van der Waals surface area contributed by atoms with Crippen molar-refractivity contribution < 1.29 is 19.6 Å². The predicted molar refractivity (Wildman–Crippen MR) is 142 cm³/mol. The molecule has 6 rings (SSSR count). The van der Waals surface area contributed by atoms with E-state index in [1.807, 2.05) is 17.5 Å². The Balaban J connectivity index is 1.58. The first-order chi connectivity index (χ1) is 18.3. The zero-order valence-corrected chi connectivity index (χ0v) is 21.1. The van der Waals surface area contributed by atoms with Crippen LogP contribution in [0.15, 0.2) is 77.3 Å². The smallest absolute Gasteiger partial charge is 0.337 e. The van der Waals surface area contributed by atoms with Gasteiger partial charge in [0, 0.05) is 52.1 Å². The fraction of sp³-hybridized carbons (Fsp3) is 0.179. The Morgan fingerprint density at radius 2 is 1.97 bits per heavy atom. The van der Waals surface area contributed by atoms with Crippen LogP contribution in [0.5, 0.6) is 0 Å². The molecule has 1 aliphatic carbocycles. The molecule has 2 aliphatic rings. The minimum atomic E-state index is -1.08. The Morgan fingerprint density at radius 3 is 2.71 bits per heavy atom. The molecule has 0 bridgehead atoms. The van der Waals surface area contributed by atoms with Crippen LogP contribution in [0.1, 0.15) is 56.7 Å². The second-order valence-corrected chi connectivity index (χ2v) is 10.4. The van der Waals surface area contributed by atoms with Gasteiger partial charge >= 0.3 is 5.97 Å². The number of anilines is 1. The Kier molecular flexibility index (Phi) is 5.68. The van der Waals surface area contributed by atoms with Gasteiger partial charge in [-0.2, -0.15) is 5.10 Å². The largest absolute Gasteiger partial charge is 0.478 e. The van der Waals surface area contributed by atoms with Crippen LogP contribution in [-0.2, 0) is 4.79 Å². The molecule has 9 nitrogen and oxygen atoms in total. The molecule has 2 N–H and O–H groups in total. The standard InChI is InChI=1S/C28H22N4O5S/c1-15-24-25(16-6-4-7-18(12-16)32(36)37)26-20(13-17(14-22(26)33)23-10-5-11-38-23)29-27(24)31(30-15)21-9-3-2-8-19(21)28(34)35/h2-12,17,25,29H,13-14H2,1H3,(H,34,35)/t17-,25+/m0/s1. The number of carbonyl (C=O) groups is 2. The number of nitro benzene ring substituents is 1. The molecule has 10 heteroatoms. The number of carboxylic acids is 1. The van der Waals surface area contributed by atoms with Crippen LogP contribution in [0.25, 0.3) is 5.69 Å². The van der Waals surface area contributed by atoms with Gasteiger partial charge in [0.2, 0.25) is 0 Å². The minimum absolute atomic E-state index is 0.00448. The zero-order valence-electron chi connectivity index (χ0n) is 20.2. The van der Waals surface area contributed by atoms with Gasteiger partial charge in [-0.1, -0.05) is 30.3 Å². The van der Waals surface area contributed by atoms with Crippen LogP contribution < -0.4 is 5.32 Å². The van der Waals surface area contributed by atoms with Gasteiger partial charge in [-0.25, -0.2) is 9.48 Å². The maximum absolute atomic E-state index is 13.7. The first-order valence-electron chi connectivity index (χ1n) is 12.1. The summed E-state index contributed by atoms with van der Waals surface area (Å²) in [5.74, 6) is -1.11. The quantitative estimate of drug-likeness (QED) is 0.248. The lowest BCUT2D eigenvalue weighted by molar-refractivity contribution is -0.384. The number of nitro groups is 1. The number of aromatic carboxylic acids is 1. The molecule has 2 atom stereocenters. The van der Waals surface area contributed by atoms with Gasteiger partial charge in [0.05, 0.1) is 21.9 Å². The molecule has 0 amide bonds. The molecule has 0 radical (unpaired) electrons. The molecule has 4 aromatic rings. The molecule has 0 fully saturated rings. The van der Waals surface area contributed by atoms with Gasteiger partial charge in [-0.05, 0) is 42.5 Å². The van der Waals surface area contributed by atoms with Crippen molar-refractivity contribution in [3.05, 3.63) is 115 Å². The van der Waals surface area contributed by atoms with E-state index in [-0.39, 0.29) is 23.0 Å². The van der Waals surface area contributed by atoms with Gasteiger partial charge in [0.1, 0.15) is 5.82 Å². The number of aromatic nitrogens is 2. The molecule has 0 unspecified atom stereocenters. The third kappa shape index (κ3) is 3.81. The molecule has 0 saturated heterocycles. The number of ketones is 1. The van der Waals surface area contributed by atoms with Crippen molar-refractivity contribution >= 4 is 34.6 Å². The van der Waals surface area contributed by atoms with Gasteiger partial charge < -0.3 is 10.4 Å². The molecule has 0 saturated carbocycles. The highest BCUT2D eigenvalue weighted by molar-refractivity contribution is 7.10. The van der Waals surface area contributed by atoms with E-state index in [4.69, 9.17) is 5.10 Å². The molecule has 38 heavy (non-hydrogen) atoms. The van der Waals surface area contributed by atoms with Crippen molar-refractivity contribution in [3.63, 3.8) is 0 Å². The molecule has 0 spiro atoms. The predicted octanol–water partition coefficient (Wildman–Crippen LogP) is 5.81. The number of allylic oxidation sites excluding steroid dienone is 2. The Morgan fingerprint density at radius 1 is 1.16 bits per heavy atom. The van der Waals surface area contributed by atoms with E-state index in [1.165, 1.54) is 18.2 Å². The molecular formula is C28H22N4O5S. The van der Waals surface area contributed by atoms with Crippen molar-refractivity contribution in [1.82, 2.24) is 9.78 Å². The lowest BCUT2D eigenvalue weighted by Crippen LogP contribution is -2.30. The maximum atomic E-state index is 13.7. The first-order valence-corrected chi connectivity index (χ1v) is 12.9. The number of thiophene rings is 1. The summed E-state index contributed by atoms with van der Waals surface area (Å²) in [5.41, 5.74) is 3.64. The number of nitrogens with one attached hydrogen (secondary N) is 1. The lowest BCUT2D eigenvalue weighted by atomic mass is 9.73. The van der Waals surface area contributed by atoms with Crippen LogP contribution >= 0.6 is 11.3 Å². The first kappa shape index (κ1) is 23.8. The van der Waals surface area contributed by atoms with E-state index < -0.39 is 16.8 Å².